The Balaban J connectivity index is 1.76. The summed E-state index contributed by atoms with van der Waals surface area (Å²) in [7, 11) is 3.02. The van der Waals surface area contributed by atoms with Crippen LogP contribution in [0.4, 0.5) is 4.79 Å². The zero-order valence-corrected chi connectivity index (χ0v) is 16.0. The molecule has 0 bridgehead atoms. The third-order valence-corrected chi connectivity index (χ3v) is 5.57. The summed E-state index contributed by atoms with van der Waals surface area (Å²) >= 11 is 12.6. The van der Waals surface area contributed by atoms with E-state index in [0.717, 1.165) is 5.56 Å². The molecule has 3 atom stereocenters. The number of benzene rings is 1. The van der Waals surface area contributed by atoms with Gasteiger partial charge >= 0.3 is 6.09 Å². The van der Waals surface area contributed by atoms with Crippen LogP contribution in [-0.4, -0.2) is 63.0 Å². The van der Waals surface area contributed by atoms with Crippen LogP contribution in [0.15, 0.2) is 12.1 Å². The first-order valence-electron chi connectivity index (χ1n) is 8.21. The first kappa shape index (κ1) is 19.1. The topological polar surface area (TPSA) is 77.1 Å². The molecule has 1 aromatic rings. The van der Waals surface area contributed by atoms with E-state index in [1.54, 1.807) is 24.1 Å². The van der Waals surface area contributed by atoms with Gasteiger partial charge in [-0.2, -0.15) is 0 Å². The third kappa shape index (κ3) is 3.56. The van der Waals surface area contributed by atoms with E-state index >= 15 is 0 Å². The number of halogens is 2. The molecule has 2 aliphatic rings. The van der Waals surface area contributed by atoms with Crippen molar-refractivity contribution < 1.29 is 23.8 Å². The predicted octanol–water partition coefficient (Wildman–Crippen LogP) is 2.44. The number of rotatable bonds is 6. The fourth-order valence-electron chi connectivity index (χ4n) is 3.59. The maximum Gasteiger partial charge on any atom is 0.410 e. The standard InChI is InChI=1S/C17H20Cl2N2O5/c1-24-8-14(22)20-6-13-11-5-9(7-21(11)17(23)26-13)15-12(25-2)4-3-10(18)16(15)19/h3-4,9,11,13H,5-8H2,1-2H3,(H,20,22)/t9-,11-,13?/m0/s1. The number of carbonyl (C=O) groups is 2. The SMILES string of the molecule is COCC(=O)NCC1OC(=O)N2C[C@@H](c3c(OC)ccc(Cl)c3Cl)C[C@@H]12. The first-order chi connectivity index (χ1) is 12.5. The molecule has 2 amide bonds. The highest BCUT2D eigenvalue weighted by atomic mass is 35.5. The lowest BCUT2D eigenvalue weighted by Gasteiger charge is -2.19. The Morgan fingerprint density at radius 1 is 1.38 bits per heavy atom. The molecule has 1 aromatic carbocycles. The summed E-state index contributed by atoms with van der Waals surface area (Å²) in [4.78, 5) is 25.5. The Hall–Kier alpha value is -1.70. The molecule has 2 aliphatic heterocycles. The summed E-state index contributed by atoms with van der Waals surface area (Å²) in [6.07, 6.45) is -0.162. The molecule has 2 heterocycles. The molecular weight excluding hydrogens is 383 g/mol. The number of hydrogen-bond donors (Lipinski definition) is 1. The maximum absolute atomic E-state index is 12.2. The van der Waals surface area contributed by atoms with Crippen molar-refractivity contribution >= 4 is 35.2 Å². The van der Waals surface area contributed by atoms with E-state index in [9.17, 15) is 9.59 Å². The minimum atomic E-state index is -0.419. The van der Waals surface area contributed by atoms with E-state index in [1.165, 1.54) is 7.11 Å². The Labute approximate surface area is 161 Å². The highest BCUT2D eigenvalue weighted by molar-refractivity contribution is 6.42. The average molecular weight is 403 g/mol. The lowest BCUT2D eigenvalue weighted by molar-refractivity contribution is -0.125. The molecule has 2 saturated heterocycles. The molecule has 26 heavy (non-hydrogen) atoms. The Morgan fingerprint density at radius 2 is 2.15 bits per heavy atom. The summed E-state index contributed by atoms with van der Waals surface area (Å²) in [5, 5.41) is 3.60. The molecule has 142 valence electrons. The van der Waals surface area contributed by atoms with Crippen molar-refractivity contribution in [2.45, 2.75) is 24.5 Å². The van der Waals surface area contributed by atoms with Crippen molar-refractivity contribution in [3.05, 3.63) is 27.7 Å². The minimum absolute atomic E-state index is 0.0221. The van der Waals surface area contributed by atoms with Gasteiger partial charge in [0.25, 0.3) is 0 Å². The minimum Gasteiger partial charge on any atom is -0.496 e. The molecule has 2 fully saturated rings. The van der Waals surface area contributed by atoms with Gasteiger partial charge in [-0.05, 0) is 18.6 Å². The first-order valence-corrected chi connectivity index (χ1v) is 8.96. The average Bonchev–Trinajstić information content (AvgIpc) is 3.16. The van der Waals surface area contributed by atoms with Gasteiger partial charge in [-0.3, -0.25) is 4.79 Å². The number of hydrogen-bond acceptors (Lipinski definition) is 5. The van der Waals surface area contributed by atoms with Gasteiger partial charge in [0.2, 0.25) is 5.91 Å². The molecule has 0 spiro atoms. The van der Waals surface area contributed by atoms with Crippen LogP contribution in [-0.2, 0) is 14.3 Å². The monoisotopic (exact) mass is 402 g/mol. The Morgan fingerprint density at radius 3 is 2.85 bits per heavy atom. The van der Waals surface area contributed by atoms with E-state index in [4.69, 9.17) is 37.4 Å². The van der Waals surface area contributed by atoms with E-state index in [2.05, 4.69) is 5.32 Å². The van der Waals surface area contributed by atoms with Crippen LogP contribution in [0.25, 0.3) is 0 Å². The molecular formula is C17H20Cl2N2O5. The van der Waals surface area contributed by atoms with Gasteiger partial charge in [-0.15, -0.1) is 0 Å². The van der Waals surface area contributed by atoms with Crippen LogP contribution in [0.5, 0.6) is 5.75 Å². The number of carbonyl (C=O) groups excluding carboxylic acids is 2. The van der Waals surface area contributed by atoms with Crippen molar-refractivity contribution in [3.63, 3.8) is 0 Å². The molecule has 7 nitrogen and oxygen atoms in total. The van der Waals surface area contributed by atoms with E-state index in [1.807, 2.05) is 0 Å². The normalized spacial score (nSPS) is 24.4. The van der Waals surface area contributed by atoms with Crippen molar-refractivity contribution in [2.24, 2.45) is 0 Å². The van der Waals surface area contributed by atoms with Crippen molar-refractivity contribution in [1.29, 1.82) is 0 Å². The van der Waals surface area contributed by atoms with Gasteiger partial charge in [0.1, 0.15) is 18.5 Å². The summed E-state index contributed by atoms with van der Waals surface area (Å²) in [6, 6.07) is 3.31. The van der Waals surface area contributed by atoms with Crippen LogP contribution in [0.3, 0.4) is 0 Å². The van der Waals surface area contributed by atoms with Gasteiger partial charge in [0.05, 0.1) is 29.7 Å². The summed E-state index contributed by atoms with van der Waals surface area (Å²) in [5.74, 6) is 0.367. The number of amides is 2. The van der Waals surface area contributed by atoms with Gasteiger partial charge in [-0.1, -0.05) is 23.2 Å². The fraction of sp³-hybridized carbons (Fsp3) is 0.529. The van der Waals surface area contributed by atoms with E-state index in [0.29, 0.717) is 28.8 Å². The van der Waals surface area contributed by atoms with Crippen LogP contribution < -0.4 is 10.1 Å². The number of fused-ring (bicyclic) bond motifs is 1. The summed E-state index contributed by atoms with van der Waals surface area (Å²) < 4.78 is 15.6. The largest absolute Gasteiger partial charge is 0.496 e. The van der Waals surface area contributed by atoms with Gasteiger partial charge < -0.3 is 24.4 Å². The zero-order valence-electron chi connectivity index (χ0n) is 14.5. The second-order valence-corrected chi connectivity index (χ2v) is 7.07. The molecule has 0 aromatic heterocycles. The molecule has 0 saturated carbocycles. The van der Waals surface area contributed by atoms with Crippen molar-refractivity contribution in [1.82, 2.24) is 10.2 Å². The maximum atomic E-state index is 12.2. The quantitative estimate of drug-likeness (QED) is 0.790. The number of ether oxygens (including phenoxy) is 3. The van der Waals surface area contributed by atoms with Crippen molar-refractivity contribution in [3.8, 4) is 5.75 Å². The lowest BCUT2D eigenvalue weighted by Crippen LogP contribution is -2.40. The number of nitrogens with zero attached hydrogens (tertiary/aromatic N) is 1. The Bertz CT molecular complexity index is 715. The summed E-state index contributed by atoms with van der Waals surface area (Å²) in [5.41, 5.74) is 0.797. The fourth-order valence-corrected chi connectivity index (χ4v) is 4.07. The molecule has 0 aliphatic carbocycles. The summed E-state index contributed by atoms with van der Waals surface area (Å²) in [6.45, 7) is 0.664. The Kier molecular flexibility index (Phi) is 5.79. The molecule has 0 radical (unpaired) electrons. The molecule has 3 rings (SSSR count). The zero-order chi connectivity index (χ0) is 18.8. The highest BCUT2D eigenvalue weighted by Crippen LogP contribution is 2.45. The van der Waals surface area contributed by atoms with Gasteiger partial charge in [0.15, 0.2) is 0 Å². The second kappa shape index (κ2) is 7.90. The van der Waals surface area contributed by atoms with Crippen molar-refractivity contribution in [2.75, 3.05) is 33.9 Å². The van der Waals surface area contributed by atoms with Crippen LogP contribution in [0.2, 0.25) is 10.0 Å². The van der Waals surface area contributed by atoms with E-state index < -0.39 is 6.10 Å². The number of methoxy groups -OCH3 is 2. The highest BCUT2D eigenvalue weighted by Gasteiger charge is 2.49. The van der Waals surface area contributed by atoms with E-state index in [-0.39, 0.29) is 37.1 Å². The smallest absolute Gasteiger partial charge is 0.410 e. The van der Waals surface area contributed by atoms with Crippen LogP contribution in [0, 0.1) is 0 Å². The molecule has 1 N–H and O–H groups in total. The molecule has 9 heteroatoms. The van der Waals surface area contributed by atoms with Gasteiger partial charge in [0, 0.05) is 25.1 Å². The van der Waals surface area contributed by atoms with Crippen LogP contribution in [0.1, 0.15) is 17.9 Å². The lowest BCUT2D eigenvalue weighted by atomic mass is 9.93. The van der Waals surface area contributed by atoms with Gasteiger partial charge in [-0.25, -0.2) is 4.79 Å². The second-order valence-electron chi connectivity index (χ2n) is 6.29. The predicted molar refractivity (Wildman–Crippen MR) is 96.0 cm³/mol. The number of cyclic esters (lactones) is 1. The third-order valence-electron chi connectivity index (χ3n) is 4.76. The van der Waals surface area contributed by atoms with Crippen LogP contribution >= 0.6 is 23.2 Å². The molecule has 1 unspecified atom stereocenters. The number of nitrogens with one attached hydrogen (secondary N) is 1.